The van der Waals surface area contributed by atoms with Gasteiger partial charge in [-0.3, -0.25) is 0 Å². The van der Waals surface area contributed by atoms with Crippen molar-refractivity contribution >= 4 is 23.2 Å². The fraction of sp³-hybridized carbons (Fsp3) is 0.429. The number of hydrogen-bond acceptors (Lipinski definition) is 4. The zero-order valence-corrected chi connectivity index (χ0v) is 17.7. The van der Waals surface area contributed by atoms with Crippen LogP contribution >= 0.6 is 23.2 Å². The van der Waals surface area contributed by atoms with E-state index >= 15 is 0 Å². The Bertz CT molecular complexity index is 723. The van der Waals surface area contributed by atoms with Gasteiger partial charge in [-0.05, 0) is 75.9 Å². The number of halogens is 2. The Morgan fingerprint density at radius 3 is 2.41 bits per heavy atom. The van der Waals surface area contributed by atoms with Gasteiger partial charge < -0.3 is 19.7 Å². The SMILES string of the molecule is CCOc1cc(CNCCCN(C)C)ccc1OCc1ccc(Cl)c(Cl)c1. The molecule has 0 saturated carbocycles. The highest BCUT2D eigenvalue weighted by atomic mass is 35.5. The lowest BCUT2D eigenvalue weighted by Gasteiger charge is -2.14. The number of hydrogen-bond donors (Lipinski definition) is 1. The first-order chi connectivity index (χ1) is 13.0. The van der Waals surface area contributed by atoms with Gasteiger partial charge in [-0.1, -0.05) is 35.3 Å². The summed E-state index contributed by atoms with van der Waals surface area (Å²) < 4.78 is 11.7. The van der Waals surface area contributed by atoms with Gasteiger partial charge in [0.05, 0.1) is 16.7 Å². The molecule has 0 aliphatic carbocycles. The zero-order chi connectivity index (χ0) is 19.6. The maximum Gasteiger partial charge on any atom is 0.161 e. The summed E-state index contributed by atoms with van der Waals surface area (Å²) in [4.78, 5) is 2.19. The second-order valence-corrected chi connectivity index (χ2v) is 7.40. The molecule has 148 valence electrons. The topological polar surface area (TPSA) is 33.7 Å². The highest BCUT2D eigenvalue weighted by molar-refractivity contribution is 6.42. The Morgan fingerprint density at radius 1 is 0.926 bits per heavy atom. The van der Waals surface area contributed by atoms with E-state index in [2.05, 4.69) is 30.4 Å². The van der Waals surface area contributed by atoms with Crippen LogP contribution in [0.1, 0.15) is 24.5 Å². The van der Waals surface area contributed by atoms with E-state index in [1.165, 1.54) is 5.56 Å². The van der Waals surface area contributed by atoms with Gasteiger partial charge >= 0.3 is 0 Å². The molecule has 0 aromatic heterocycles. The summed E-state index contributed by atoms with van der Waals surface area (Å²) in [6.45, 7) is 5.83. The summed E-state index contributed by atoms with van der Waals surface area (Å²) in [5.74, 6) is 1.48. The van der Waals surface area contributed by atoms with E-state index in [1.54, 1.807) is 6.07 Å². The van der Waals surface area contributed by atoms with Crippen LogP contribution in [0, 0.1) is 0 Å². The summed E-state index contributed by atoms with van der Waals surface area (Å²) in [6, 6.07) is 11.5. The second-order valence-electron chi connectivity index (χ2n) is 6.58. The Hall–Kier alpha value is -1.46. The van der Waals surface area contributed by atoms with Gasteiger partial charge in [-0.15, -0.1) is 0 Å². The molecule has 2 aromatic rings. The monoisotopic (exact) mass is 410 g/mol. The summed E-state index contributed by atoms with van der Waals surface area (Å²) in [7, 11) is 4.18. The molecule has 6 heteroatoms. The zero-order valence-electron chi connectivity index (χ0n) is 16.2. The van der Waals surface area contributed by atoms with E-state index in [4.69, 9.17) is 32.7 Å². The fourth-order valence-corrected chi connectivity index (χ4v) is 2.91. The van der Waals surface area contributed by atoms with Gasteiger partial charge in [0.1, 0.15) is 6.61 Å². The third-order valence-electron chi connectivity index (χ3n) is 3.97. The van der Waals surface area contributed by atoms with Crippen LogP contribution in [0.3, 0.4) is 0 Å². The highest BCUT2D eigenvalue weighted by Crippen LogP contribution is 2.30. The average molecular weight is 411 g/mol. The van der Waals surface area contributed by atoms with Gasteiger partial charge in [-0.25, -0.2) is 0 Å². The first kappa shape index (κ1) is 21.8. The normalized spacial score (nSPS) is 11.0. The minimum absolute atomic E-state index is 0.402. The number of benzene rings is 2. The van der Waals surface area contributed by atoms with E-state index < -0.39 is 0 Å². The van der Waals surface area contributed by atoms with Crippen molar-refractivity contribution in [2.75, 3.05) is 33.8 Å². The van der Waals surface area contributed by atoms with Crippen molar-refractivity contribution in [1.29, 1.82) is 0 Å². The Morgan fingerprint density at radius 2 is 1.70 bits per heavy atom. The van der Waals surface area contributed by atoms with Gasteiger partial charge in [0.2, 0.25) is 0 Å². The van der Waals surface area contributed by atoms with Crippen molar-refractivity contribution in [3.8, 4) is 11.5 Å². The maximum absolute atomic E-state index is 6.06. The molecule has 0 radical (unpaired) electrons. The van der Waals surface area contributed by atoms with Crippen LogP contribution in [0.4, 0.5) is 0 Å². The standard InChI is InChI=1S/C21H28Cl2N2O2/c1-4-26-21-13-16(14-24-10-5-11-25(2)3)7-9-20(21)27-15-17-6-8-18(22)19(23)12-17/h6-9,12-13,24H,4-5,10-11,14-15H2,1-3H3. The first-order valence-corrected chi connectivity index (χ1v) is 9.93. The maximum atomic E-state index is 6.06. The molecule has 2 rings (SSSR count). The van der Waals surface area contributed by atoms with Crippen molar-refractivity contribution < 1.29 is 9.47 Å². The predicted molar refractivity (Wildman–Crippen MR) is 113 cm³/mol. The second kappa shape index (κ2) is 11.4. The van der Waals surface area contributed by atoms with Crippen LogP contribution in [0.25, 0.3) is 0 Å². The molecule has 0 aliphatic heterocycles. The molecule has 0 amide bonds. The van der Waals surface area contributed by atoms with Crippen LogP contribution < -0.4 is 14.8 Å². The highest BCUT2D eigenvalue weighted by Gasteiger charge is 2.08. The van der Waals surface area contributed by atoms with E-state index in [0.29, 0.717) is 23.3 Å². The van der Waals surface area contributed by atoms with E-state index in [1.807, 2.05) is 31.2 Å². The Balaban J connectivity index is 1.94. The van der Waals surface area contributed by atoms with E-state index in [-0.39, 0.29) is 0 Å². The molecule has 0 aliphatic rings. The minimum atomic E-state index is 0.402. The third kappa shape index (κ3) is 7.59. The largest absolute Gasteiger partial charge is 0.490 e. The minimum Gasteiger partial charge on any atom is -0.490 e. The van der Waals surface area contributed by atoms with Gasteiger partial charge in [-0.2, -0.15) is 0 Å². The molecule has 0 fully saturated rings. The van der Waals surface area contributed by atoms with Crippen LogP contribution in [0.2, 0.25) is 10.0 Å². The van der Waals surface area contributed by atoms with E-state index in [0.717, 1.165) is 43.1 Å². The smallest absolute Gasteiger partial charge is 0.161 e. The number of nitrogens with zero attached hydrogens (tertiary/aromatic N) is 1. The lowest BCUT2D eigenvalue weighted by molar-refractivity contribution is 0.269. The molecule has 4 nitrogen and oxygen atoms in total. The quantitative estimate of drug-likeness (QED) is 0.527. The third-order valence-corrected chi connectivity index (χ3v) is 4.71. The van der Waals surface area contributed by atoms with Gasteiger partial charge in [0, 0.05) is 6.54 Å². The number of nitrogens with one attached hydrogen (secondary N) is 1. The van der Waals surface area contributed by atoms with E-state index in [9.17, 15) is 0 Å². The van der Waals surface area contributed by atoms with Crippen LogP contribution in [0.5, 0.6) is 11.5 Å². The molecular formula is C21H28Cl2N2O2. The summed E-state index contributed by atoms with van der Waals surface area (Å²) in [6.07, 6.45) is 1.12. The first-order valence-electron chi connectivity index (χ1n) is 9.17. The van der Waals surface area contributed by atoms with Crippen LogP contribution in [0.15, 0.2) is 36.4 Å². The Labute approximate surface area is 172 Å². The molecule has 0 unspecified atom stereocenters. The molecule has 0 atom stereocenters. The molecule has 27 heavy (non-hydrogen) atoms. The van der Waals surface area contributed by atoms with Crippen molar-refractivity contribution in [1.82, 2.24) is 10.2 Å². The van der Waals surface area contributed by atoms with Crippen molar-refractivity contribution in [2.45, 2.75) is 26.5 Å². The van der Waals surface area contributed by atoms with Crippen molar-refractivity contribution in [2.24, 2.45) is 0 Å². The molecule has 0 bridgehead atoms. The van der Waals surface area contributed by atoms with Crippen LogP contribution in [-0.2, 0) is 13.2 Å². The van der Waals surface area contributed by atoms with Crippen LogP contribution in [-0.4, -0.2) is 38.7 Å². The lowest BCUT2D eigenvalue weighted by atomic mass is 10.2. The number of rotatable bonds is 11. The van der Waals surface area contributed by atoms with Gasteiger partial charge in [0.25, 0.3) is 0 Å². The fourth-order valence-electron chi connectivity index (χ4n) is 2.59. The number of ether oxygens (including phenoxy) is 2. The van der Waals surface area contributed by atoms with Crippen molar-refractivity contribution in [3.05, 3.63) is 57.6 Å². The molecule has 0 spiro atoms. The molecular weight excluding hydrogens is 383 g/mol. The molecule has 0 heterocycles. The summed E-state index contributed by atoms with van der Waals surface area (Å²) in [5, 5.41) is 4.53. The predicted octanol–water partition coefficient (Wildman–Crippen LogP) is 5.01. The lowest BCUT2D eigenvalue weighted by Crippen LogP contribution is -2.21. The average Bonchev–Trinajstić information content (AvgIpc) is 2.63. The van der Waals surface area contributed by atoms with Crippen molar-refractivity contribution in [3.63, 3.8) is 0 Å². The van der Waals surface area contributed by atoms with Gasteiger partial charge in [0.15, 0.2) is 11.5 Å². The molecule has 2 aromatic carbocycles. The summed E-state index contributed by atoms with van der Waals surface area (Å²) >= 11 is 12.0. The summed E-state index contributed by atoms with van der Waals surface area (Å²) in [5.41, 5.74) is 2.13. The molecule has 1 N–H and O–H groups in total. The molecule has 0 saturated heterocycles. The Kier molecular flexibility index (Phi) is 9.22.